The fourth-order valence-corrected chi connectivity index (χ4v) is 1.58. The molecule has 6 heteroatoms. The monoisotopic (exact) mass is 234 g/mol. The molecule has 1 rings (SSSR count). The maximum atomic E-state index is 13.0. The number of carbonyl (C=O) groups excluding carboxylic acids is 3. The number of hydrogen-bond donors (Lipinski definition) is 0. The second kappa shape index (κ2) is 4.67. The molecule has 1 aliphatic rings. The molecule has 4 nitrogen and oxygen atoms in total. The zero-order valence-corrected chi connectivity index (χ0v) is 8.79. The number of rotatable bonds is 3. The van der Waals surface area contributed by atoms with Crippen LogP contribution >= 0.6 is 0 Å². The normalized spacial score (nSPS) is 23.9. The Morgan fingerprint density at radius 3 is 2.69 bits per heavy atom. The Morgan fingerprint density at radius 2 is 2.12 bits per heavy atom. The van der Waals surface area contributed by atoms with E-state index < -0.39 is 42.2 Å². The van der Waals surface area contributed by atoms with E-state index in [4.69, 9.17) is 0 Å². The number of ether oxygens (including phenoxy) is 1. The Balaban J connectivity index is 2.74. The van der Waals surface area contributed by atoms with Gasteiger partial charge in [0.05, 0.1) is 12.5 Å². The summed E-state index contributed by atoms with van der Waals surface area (Å²) in [5.41, 5.74) is 0. The van der Waals surface area contributed by atoms with Crippen molar-refractivity contribution in [2.45, 2.75) is 32.1 Å². The molecule has 0 aromatic carbocycles. The van der Waals surface area contributed by atoms with Gasteiger partial charge in [-0.3, -0.25) is 9.59 Å². The lowest BCUT2D eigenvalue weighted by Gasteiger charge is -2.26. The number of ketones is 2. The second-order valence-corrected chi connectivity index (χ2v) is 3.66. The molecule has 1 atom stereocenters. The van der Waals surface area contributed by atoms with E-state index in [1.54, 1.807) is 0 Å². The number of esters is 1. The molecule has 0 amide bonds. The van der Waals surface area contributed by atoms with Crippen LogP contribution in [0.1, 0.15) is 26.2 Å². The molecule has 16 heavy (non-hydrogen) atoms. The van der Waals surface area contributed by atoms with Crippen LogP contribution in [0.4, 0.5) is 8.78 Å². The van der Waals surface area contributed by atoms with E-state index >= 15 is 0 Å². The van der Waals surface area contributed by atoms with E-state index in [0.29, 0.717) is 0 Å². The summed E-state index contributed by atoms with van der Waals surface area (Å²) in [7, 11) is 0. The van der Waals surface area contributed by atoms with Crippen molar-refractivity contribution in [2.75, 3.05) is 6.61 Å². The van der Waals surface area contributed by atoms with Crippen LogP contribution in [0.15, 0.2) is 0 Å². The van der Waals surface area contributed by atoms with E-state index in [1.165, 1.54) is 6.92 Å². The quantitative estimate of drug-likeness (QED) is 0.417. The molecule has 0 saturated heterocycles. The lowest BCUT2D eigenvalue weighted by atomic mass is 9.82. The van der Waals surface area contributed by atoms with Gasteiger partial charge >= 0.3 is 5.97 Å². The van der Waals surface area contributed by atoms with Crippen LogP contribution < -0.4 is 0 Å². The summed E-state index contributed by atoms with van der Waals surface area (Å²) in [6, 6.07) is 0. The number of halogens is 2. The number of carbonyl (C=O) groups is 3. The first-order valence-electron chi connectivity index (χ1n) is 4.99. The zero-order valence-electron chi connectivity index (χ0n) is 8.79. The smallest absolute Gasteiger partial charge is 0.375 e. The van der Waals surface area contributed by atoms with Gasteiger partial charge in [0.1, 0.15) is 5.78 Å². The predicted molar refractivity (Wildman–Crippen MR) is 48.9 cm³/mol. The van der Waals surface area contributed by atoms with Crippen molar-refractivity contribution >= 4 is 17.5 Å². The molecule has 1 aliphatic carbocycles. The van der Waals surface area contributed by atoms with Gasteiger partial charge in [-0.1, -0.05) is 0 Å². The van der Waals surface area contributed by atoms with Crippen molar-refractivity contribution in [3.8, 4) is 0 Å². The minimum absolute atomic E-state index is 0.0259. The fourth-order valence-electron chi connectivity index (χ4n) is 1.58. The van der Waals surface area contributed by atoms with E-state index in [1.807, 2.05) is 0 Å². The van der Waals surface area contributed by atoms with Crippen molar-refractivity contribution in [3.63, 3.8) is 0 Å². The highest BCUT2D eigenvalue weighted by atomic mass is 19.3. The van der Waals surface area contributed by atoms with Crippen molar-refractivity contribution in [1.29, 1.82) is 0 Å². The Hall–Kier alpha value is -1.33. The van der Waals surface area contributed by atoms with Gasteiger partial charge in [0.2, 0.25) is 5.92 Å². The number of Topliss-reactive ketones (excluding diaryl/α,β-unsaturated/α-hetero) is 2. The minimum Gasteiger partial charge on any atom is -0.460 e. The summed E-state index contributed by atoms with van der Waals surface area (Å²) in [4.78, 5) is 33.7. The van der Waals surface area contributed by atoms with Gasteiger partial charge in [0.15, 0.2) is 0 Å². The third-order valence-electron chi connectivity index (χ3n) is 2.42. The van der Waals surface area contributed by atoms with Crippen molar-refractivity contribution in [1.82, 2.24) is 0 Å². The zero-order chi connectivity index (χ0) is 12.3. The van der Waals surface area contributed by atoms with Crippen molar-refractivity contribution in [2.24, 2.45) is 5.92 Å². The van der Waals surface area contributed by atoms with E-state index in [9.17, 15) is 23.2 Å². The molecule has 1 fully saturated rings. The minimum atomic E-state index is -3.05. The first-order valence-corrected chi connectivity index (χ1v) is 4.99. The van der Waals surface area contributed by atoms with Gasteiger partial charge in [0, 0.05) is 19.3 Å². The average Bonchev–Trinajstić information content (AvgIpc) is 2.21. The lowest BCUT2D eigenvalue weighted by Crippen LogP contribution is -2.40. The van der Waals surface area contributed by atoms with Crippen LogP contribution in [0, 0.1) is 5.92 Å². The summed E-state index contributed by atoms with van der Waals surface area (Å²) >= 11 is 0. The van der Waals surface area contributed by atoms with Gasteiger partial charge in [-0.25, -0.2) is 13.6 Å². The van der Waals surface area contributed by atoms with Gasteiger partial charge in [-0.15, -0.1) is 0 Å². The molecule has 0 spiro atoms. The summed E-state index contributed by atoms with van der Waals surface area (Å²) in [5, 5.41) is 0. The standard InChI is InChI=1S/C10H12F2O4/c1-2-16-9(15)8(14)6-5-10(11,12)4-3-7(6)13/h6H,2-5H2,1H3. The highest BCUT2D eigenvalue weighted by molar-refractivity contribution is 6.38. The highest BCUT2D eigenvalue weighted by Crippen LogP contribution is 2.35. The Labute approximate surface area is 90.9 Å². The van der Waals surface area contributed by atoms with E-state index in [0.717, 1.165) is 0 Å². The van der Waals surface area contributed by atoms with E-state index in [-0.39, 0.29) is 13.0 Å². The number of hydrogen-bond acceptors (Lipinski definition) is 4. The average molecular weight is 234 g/mol. The highest BCUT2D eigenvalue weighted by Gasteiger charge is 2.45. The Bertz CT molecular complexity index is 325. The molecule has 0 N–H and O–H groups in total. The first-order chi connectivity index (χ1) is 7.37. The topological polar surface area (TPSA) is 60.4 Å². The maximum Gasteiger partial charge on any atom is 0.375 e. The molecular formula is C10H12F2O4. The lowest BCUT2D eigenvalue weighted by molar-refractivity contribution is -0.160. The largest absolute Gasteiger partial charge is 0.460 e. The maximum absolute atomic E-state index is 13.0. The van der Waals surface area contributed by atoms with Gasteiger partial charge in [-0.2, -0.15) is 0 Å². The molecule has 0 heterocycles. The van der Waals surface area contributed by atoms with Crippen LogP contribution in [0.25, 0.3) is 0 Å². The summed E-state index contributed by atoms with van der Waals surface area (Å²) in [5.74, 6) is -7.57. The molecule has 1 saturated carbocycles. The summed E-state index contributed by atoms with van der Waals surface area (Å²) < 4.78 is 30.3. The summed E-state index contributed by atoms with van der Waals surface area (Å²) in [6.45, 7) is 1.46. The molecule has 0 bridgehead atoms. The fraction of sp³-hybridized carbons (Fsp3) is 0.700. The molecular weight excluding hydrogens is 222 g/mol. The molecule has 0 aromatic rings. The Morgan fingerprint density at radius 1 is 1.50 bits per heavy atom. The molecule has 0 aromatic heterocycles. The van der Waals surface area contributed by atoms with Crippen LogP contribution in [-0.4, -0.2) is 30.1 Å². The molecule has 0 aliphatic heterocycles. The van der Waals surface area contributed by atoms with Gasteiger partial charge in [-0.05, 0) is 6.92 Å². The number of alkyl halides is 2. The SMILES string of the molecule is CCOC(=O)C(=O)C1CC(F)(F)CCC1=O. The van der Waals surface area contributed by atoms with Crippen molar-refractivity contribution in [3.05, 3.63) is 0 Å². The second-order valence-electron chi connectivity index (χ2n) is 3.66. The molecule has 0 radical (unpaired) electrons. The van der Waals surface area contributed by atoms with E-state index in [2.05, 4.69) is 4.74 Å². The van der Waals surface area contributed by atoms with Crippen LogP contribution in [-0.2, 0) is 19.1 Å². The summed E-state index contributed by atoms with van der Waals surface area (Å²) in [6.07, 6.45) is -1.81. The van der Waals surface area contributed by atoms with Gasteiger partial charge < -0.3 is 4.74 Å². The van der Waals surface area contributed by atoms with Crippen LogP contribution in [0.3, 0.4) is 0 Å². The third kappa shape index (κ3) is 2.84. The van der Waals surface area contributed by atoms with Gasteiger partial charge in [0.25, 0.3) is 5.78 Å². The van der Waals surface area contributed by atoms with Crippen molar-refractivity contribution < 1.29 is 27.9 Å². The third-order valence-corrected chi connectivity index (χ3v) is 2.42. The molecule has 90 valence electrons. The van der Waals surface area contributed by atoms with Crippen LogP contribution in [0.5, 0.6) is 0 Å². The van der Waals surface area contributed by atoms with Crippen LogP contribution in [0.2, 0.25) is 0 Å². The molecule has 1 unspecified atom stereocenters. The Kier molecular flexibility index (Phi) is 3.72. The predicted octanol–water partition coefficient (Wildman–Crippen LogP) is 1.12. The first kappa shape index (κ1) is 12.7.